The number of ether oxygens (including phenoxy) is 1. The number of furan rings is 1. The molecule has 0 saturated heterocycles. The molecule has 1 aliphatic rings. The van der Waals surface area contributed by atoms with Crippen molar-refractivity contribution in [3.05, 3.63) is 53.7 Å². The average molecular weight is 347 g/mol. The van der Waals surface area contributed by atoms with E-state index in [1.54, 1.807) is 6.07 Å². The van der Waals surface area contributed by atoms with Crippen LogP contribution in [0.15, 0.2) is 40.8 Å². The molecule has 0 bridgehead atoms. The van der Waals surface area contributed by atoms with E-state index in [2.05, 4.69) is 5.32 Å². The topological polar surface area (TPSA) is 88.8 Å². The summed E-state index contributed by atoms with van der Waals surface area (Å²) in [5, 5.41) is 11.7. The standard InChI is InChI=1S/C18H18FNO5/c19-12-3-5-13(6-4-12)24-10-14-7-8-16(25-14)17(21)20-15(18(22)23)9-11-1-2-11/h3-8,11,15H,1-2,9-10H2,(H,20,21)(H,22,23). The molecule has 25 heavy (non-hydrogen) atoms. The average Bonchev–Trinajstić information content (AvgIpc) is 3.28. The highest BCUT2D eigenvalue weighted by molar-refractivity contribution is 5.94. The highest BCUT2D eigenvalue weighted by atomic mass is 19.1. The van der Waals surface area contributed by atoms with Crippen LogP contribution in [0.25, 0.3) is 0 Å². The number of rotatable bonds is 8. The molecular weight excluding hydrogens is 329 g/mol. The van der Waals surface area contributed by atoms with Gasteiger partial charge in [-0.05, 0) is 48.7 Å². The Labute approximate surface area is 143 Å². The zero-order valence-corrected chi connectivity index (χ0v) is 13.4. The van der Waals surface area contributed by atoms with E-state index in [9.17, 15) is 19.1 Å². The highest BCUT2D eigenvalue weighted by Gasteiger charge is 2.30. The van der Waals surface area contributed by atoms with Gasteiger partial charge in [0.15, 0.2) is 5.76 Å². The molecule has 1 aliphatic carbocycles. The van der Waals surface area contributed by atoms with Gasteiger partial charge in [-0.1, -0.05) is 12.8 Å². The lowest BCUT2D eigenvalue weighted by molar-refractivity contribution is -0.139. The van der Waals surface area contributed by atoms with Gasteiger partial charge in [0.25, 0.3) is 5.91 Å². The lowest BCUT2D eigenvalue weighted by Gasteiger charge is -2.12. The third-order valence-corrected chi connectivity index (χ3v) is 3.95. The largest absolute Gasteiger partial charge is 0.486 e. The van der Waals surface area contributed by atoms with Gasteiger partial charge in [-0.25, -0.2) is 9.18 Å². The van der Waals surface area contributed by atoms with Crippen molar-refractivity contribution >= 4 is 11.9 Å². The summed E-state index contributed by atoms with van der Waals surface area (Å²) in [4.78, 5) is 23.4. The summed E-state index contributed by atoms with van der Waals surface area (Å²) in [6, 6.07) is 7.67. The molecule has 7 heteroatoms. The minimum absolute atomic E-state index is 0.0275. The molecule has 3 rings (SSSR count). The summed E-state index contributed by atoms with van der Waals surface area (Å²) in [6.07, 6.45) is 2.44. The molecule has 1 aromatic carbocycles. The number of carboxylic acid groups (broad SMARTS) is 1. The van der Waals surface area contributed by atoms with Gasteiger partial charge < -0.3 is 19.6 Å². The number of carboxylic acids is 1. The van der Waals surface area contributed by atoms with E-state index in [1.165, 1.54) is 30.3 Å². The summed E-state index contributed by atoms with van der Waals surface area (Å²) in [7, 11) is 0. The van der Waals surface area contributed by atoms with E-state index < -0.39 is 17.9 Å². The summed E-state index contributed by atoms with van der Waals surface area (Å²) < 4.78 is 23.6. The number of hydrogen-bond acceptors (Lipinski definition) is 4. The molecule has 1 aromatic heterocycles. The first-order chi connectivity index (χ1) is 12.0. The van der Waals surface area contributed by atoms with Crippen molar-refractivity contribution in [2.24, 2.45) is 5.92 Å². The van der Waals surface area contributed by atoms with Crippen LogP contribution in [-0.4, -0.2) is 23.0 Å². The Morgan fingerprint density at radius 2 is 1.96 bits per heavy atom. The number of halogens is 1. The summed E-state index contributed by atoms with van der Waals surface area (Å²) in [5.74, 6) is -0.698. The monoisotopic (exact) mass is 347 g/mol. The van der Waals surface area contributed by atoms with Crippen molar-refractivity contribution in [2.75, 3.05) is 0 Å². The van der Waals surface area contributed by atoms with Crippen molar-refractivity contribution < 1.29 is 28.2 Å². The van der Waals surface area contributed by atoms with Gasteiger partial charge in [0, 0.05) is 0 Å². The van der Waals surface area contributed by atoms with E-state index in [4.69, 9.17) is 9.15 Å². The molecule has 1 heterocycles. The Hall–Kier alpha value is -2.83. The lowest BCUT2D eigenvalue weighted by Crippen LogP contribution is -2.41. The molecule has 1 unspecified atom stereocenters. The van der Waals surface area contributed by atoms with Gasteiger partial charge in [0.2, 0.25) is 0 Å². The first-order valence-corrected chi connectivity index (χ1v) is 8.02. The molecule has 132 valence electrons. The number of hydrogen-bond donors (Lipinski definition) is 2. The quantitative estimate of drug-likeness (QED) is 0.766. The second-order valence-corrected chi connectivity index (χ2v) is 6.05. The van der Waals surface area contributed by atoms with E-state index in [-0.39, 0.29) is 18.2 Å². The van der Waals surface area contributed by atoms with Crippen LogP contribution in [0.4, 0.5) is 4.39 Å². The van der Waals surface area contributed by atoms with Crippen molar-refractivity contribution in [1.82, 2.24) is 5.32 Å². The minimum atomic E-state index is -1.05. The molecule has 2 aromatic rings. The number of carbonyl (C=O) groups excluding carboxylic acids is 1. The van der Waals surface area contributed by atoms with E-state index in [1.807, 2.05) is 0 Å². The zero-order valence-electron chi connectivity index (χ0n) is 13.4. The van der Waals surface area contributed by atoms with Crippen LogP contribution >= 0.6 is 0 Å². The van der Waals surface area contributed by atoms with Gasteiger partial charge in [0.05, 0.1) is 0 Å². The number of aliphatic carboxylic acids is 1. The van der Waals surface area contributed by atoms with Gasteiger partial charge in [-0.15, -0.1) is 0 Å². The molecule has 1 saturated carbocycles. The van der Waals surface area contributed by atoms with Crippen LogP contribution in [0.5, 0.6) is 5.75 Å². The molecule has 0 aliphatic heterocycles. The second kappa shape index (κ2) is 7.38. The minimum Gasteiger partial charge on any atom is -0.486 e. The third kappa shape index (κ3) is 4.82. The fourth-order valence-corrected chi connectivity index (χ4v) is 2.40. The molecule has 0 spiro atoms. The van der Waals surface area contributed by atoms with Gasteiger partial charge in [0.1, 0.15) is 30.0 Å². The molecule has 0 radical (unpaired) electrons. The second-order valence-electron chi connectivity index (χ2n) is 6.05. The molecule has 6 nitrogen and oxygen atoms in total. The smallest absolute Gasteiger partial charge is 0.326 e. The Bertz CT molecular complexity index is 751. The summed E-state index contributed by atoms with van der Waals surface area (Å²) >= 11 is 0. The van der Waals surface area contributed by atoms with E-state index in [0.29, 0.717) is 23.8 Å². The van der Waals surface area contributed by atoms with Crippen LogP contribution in [0.2, 0.25) is 0 Å². The predicted octanol–water partition coefficient (Wildman–Crippen LogP) is 2.98. The van der Waals surface area contributed by atoms with Crippen LogP contribution < -0.4 is 10.1 Å². The van der Waals surface area contributed by atoms with Crippen LogP contribution in [0, 0.1) is 11.7 Å². The van der Waals surface area contributed by atoms with Crippen LogP contribution in [0.1, 0.15) is 35.6 Å². The Balaban J connectivity index is 1.55. The SMILES string of the molecule is O=C(NC(CC1CC1)C(=O)O)c1ccc(COc2ccc(F)cc2)o1. The molecule has 1 amide bonds. The Morgan fingerprint density at radius 3 is 2.60 bits per heavy atom. The maximum Gasteiger partial charge on any atom is 0.326 e. The number of amides is 1. The van der Waals surface area contributed by atoms with Gasteiger partial charge >= 0.3 is 5.97 Å². The van der Waals surface area contributed by atoms with Crippen LogP contribution in [0.3, 0.4) is 0 Å². The molecular formula is C18H18FNO5. The first-order valence-electron chi connectivity index (χ1n) is 8.02. The number of nitrogens with one attached hydrogen (secondary N) is 1. The fraction of sp³-hybridized carbons (Fsp3) is 0.333. The summed E-state index contributed by atoms with van der Waals surface area (Å²) in [5.41, 5.74) is 0. The number of carbonyl (C=O) groups is 2. The molecule has 2 N–H and O–H groups in total. The van der Waals surface area contributed by atoms with Crippen molar-refractivity contribution in [3.63, 3.8) is 0 Å². The van der Waals surface area contributed by atoms with E-state index >= 15 is 0 Å². The van der Waals surface area contributed by atoms with E-state index in [0.717, 1.165) is 12.8 Å². The zero-order chi connectivity index (χ0) is 17.8. The van der Waals surface area contributed by atoms with Crippen LogP contribution in [-0.2, 0) is 11.4 Å². The maximum atomic E-state index is 12.8. The predicted molar refractivity (Wildman–Crippen MR) is 85.7 cm³/mol. The van der Waals surface area contributed by atoms with Gasteiger partial charge in [-0.2, -0.15) is 0 Å². The molecule has 1 fully saturated rings. The summed E-state index contributed by atoms with van der Waals surface area (Å²) in [6.45, 7) is 0.0728. The number of benzene rings is 1. The first kappa shape index (κ1) is 17.0. The van der Waals surface area contributed by atoms with Crippen molar-refractivity contribution in [3.8, 4) is 5.75 Å². The highest BCUT2D eigenvalue weighted by Crippen LogP contribution is 2.33. The Morgan fingerprint density at radius 1 is 1.24 bits per heavy atom. The normalized spacial score (nSPS) is 14.8. The van der Waals surface area contributed by atoms with Crippen molar-refractivity contribution in [2.45, 2.75) is 31.9 Å². The fourth-order valence-electron chi connectivity index (χ4n) is 2.40. The lowest BCUT2D eigenvalue weighted by atomic mass is 10.1. The molecule has 1 atom stereocenters. The third-order valence-electron chi connectivity index (χ3n) is 3.95. The van der Waals surface area contributed by atoms with Crippen molar-refractivity contribution in [1.29, 1.82) is 0 Å². The Kier molecular flexibility index (Phi) is 5.02. The maximum absolute atomic E-state index is 12.8. The van der Waals surface area contributed by atoms with Gasteiger partial charge in [-0.3, -0.25) is 4.79 Å².